The van der Waals surface area contributed by atoms with Gasteiger partial charge >= 0.3 is 21.1 Å². The first-order valence-electron chi connectivity index (χ1n) is 13.0. The van der Waals surface area contributed by atoms with Gasteiger partial charge in [0.05, 0.1) is 11.4 Å². The Hall–Kier alpha value is -3.46. The van der Waals surface area contributed by atoms with Crippen molar-refractivity contribution in [2.24, 2.45) is 0 Å². The van der Waals surface area contributed by atoms with Crippen molar-refractivity contribution in [1.82, 2.24) is 9.97 Å². The third kappa shape index (κ3) is 5.31. The maximum Gasteiger partial charge on any atom is 2.00 e. The quantitative estimate of drug-likeness (QED) is 0.166. The van der Waals surface area contributed by atoms with Gasteiger partial charge in [-0.15, -0.1) is 59.5 Å². The summed E-state index contributed by atoms with van der Waals surface area (Å²) in [6, 6.07) is 41.1. The van der Waals surface area contributed by atoms with Gasteiger partial charge in [-0.3, -0.25) is 9.97 Å². The van der Waals surface area contributed by atoms with E-state index < -0.39 is 5.67 Å². The molecule has 6 aromatic rings. The number of hydrogen-bond acceptors (Lipinski definition) is 3. The standard InChI is InChI=1S/C35H27FN2S.Pt/c1-34(2,3)26-19-21-27(22-20-26)35(36,32-17-9-14-28(37-32)24-11-5-4-6-12-24)33-18-10-15-29(38-33)31-23-25-13-7-8-16-30(25)39-31;/h4-11,13-22H,1-3H3;/q-2;+2. The van der Waals surface area contributed by atoms with Crippen LogP contribution in [0.3, 0.4) is 0 Å². The van der Waals surface area contributed by atoms with E-state index in [2.05, 4.69) is 39.0 Å². The molecule has 1 atom stereocenters. The van der Waals surface area contributed by atoms with E-state index in [0.29, 0.717) is 17.0 Å². The number of halogens is 1. The van der Waals surface area contributed by atoms with Gasteiger partial charge in [-0.2, -0.15) is 0 Å². The third-order valence-corrected chi connectivity index (χ3v) is 8.01. The number of fused-ring (bicyclic) bond motifs is 1. The smallest absolute Gasteiger partial charge is 0.297 e. The van der Waals surface area contributed by atoms with E-state index in [1.165, 1.54) is 0 Å². The Morgan fingerprint density at radius 2 is 1.30 bits per heavy atom. The van der Waals surface area contributed by atoms with Crippen molar-refractivity contribution in [1.29, 1.82) is 0 Å². The topological polar surface area (TPSA) is 25.8 Å². The molecular weight excluding hydrogens is 695 g/mol. The van der Waals surface area contributed by atoms with Crippen molar-refractivity contribution < 1.29 is 25.5 Å². The van der Waals surface area contributed by atoms with Crippen molar-refractivity contribution in [3.8, 4) is 21.8 Å². The Kier molecular flexibility index (Phi) is 7.86. The second-order valence-electron chi connectivity index (χ2n) is 10.6. The van der Waals surface area contributed by atoms with E-state index >= 15 is 4.39 Å². The van der Waals surface area contributed by atoms with Crippen molar-refractivity contribution in [2.75, 3.05) is 0 Å². The van der Waals surface area contributed by atoms with Crippen molar-refractivity contribution in [3.63, 3.8) is 0 Å². The minimum atomic E-state index is -2.08. The third-order valence-electron chi connectivity index (χ3n) is 6.92. The first-order chi connectivity index (χ1) is 18.8. The summed E-state index contributed by atoms with van der Waals surface area (Å²) < 4.78 is 19.0. The van der Waals surface area contributed by atoms with Crippen LogP contribution in [0.25, 0.3) is 31.9 Å². The van der Waals surface area contributed by atoms with Crippen molar-refractivity contribution in [2.45, 2.75) is 31.9 Å². The molecule has 0 N–H and O–H groups in total. The Morgan fingerprint density at radius 3 is 1.95 bits per heavy atom. The molecule has 0 saturated heterocycles. The fraction of sp³-hybridized carbons (Fsp3) is 0.143. The normalized spacial score (nSPS) is 13.0. The average Bonchev–Trinajstić information content (AvgIpc) is 3.42. The first-order valence-corrected chi connectivity index (χ1v) is 13.8. The SMILES string of the molecule is CC(C)(C)c1ccc(C(F)(c2cccc(-c3[c-]cccc3)n2)c2cccc(-c3[c-]c4ccccc4s3)n2)cc1.[Pt+2]. The number of nitrogens with zero attached hydrogens (tertiary/aromatic N) is 2. The Morgan fingerprint density at radius 1 is 0.675 bits per heavy atom. The zero-order chi connectivity index (χ0) is 27.0. The molecule has 3 heterocycles. The van der Waals surface area contributed by atoms with Crippen molar-refractivity contribution >= 4 is 21.4 Å². The summed E-state index contributed by atoms with van der Waals surface area (Å²) in [4.78, 5) is 10.6. The number of rotatable bonds is 5. The Labute approximate surface area is 253 Å². The number of aromatic nitrogens is 2. The first kappa shape index (κ1) is 28.1. The predicted octanol–water partition coefficient (Wildman–Crippen LogP) is 9.18. The second kappa shape index (κ2) is 11.2. The largest absolute Gasteiger partial charge is 2.00 e. The van der Waals surface area contributed by atoms with E-state index in [1.807, 2.05) is 91.0 Å². The zero-order valence-corrected chi connectivity index (χ0v) is 25.5. The van der Waals surface area contributed by atoms with E-state index in [4.69, 9.17) is 9.97 Å². The van der Waals surface area contributed by atoms with Crippen LogP contribution in [0.1, 0.15) is 43.3 Å². The molecule has 0 aliphatic carbocycles. The Bertz CT molecular complexity index is 1720. The molecule has 3 aromatic heterocycles. The number of alkyl halides is 1. The number of hydrogen-bond donors (Lipinski definition) is 0. The fourth-order valence-corrected chi connectivity index (χ4v) is 5.72. The summed E-state index contributed by atoms with van der Waals surface area (Å²) in [6.45, 7) is 6.45. The number of pyridine rings is 2. The van der Waals surface area contributed by atoms with Crippen LogP contribution >= 0.6 is 11.3 Å². The number of benzene rings is 3. The van der Waals surface area contributed by atoms with Crippen LogP contribution < -0.4 is 0 Å². The molecule has 2 nitrogen and oxygen atoms in total. The van der Waals surface area contributed by atoms with Crippen molar-refractivity contribution in [3.05, 3.63) is 144 Å². The molecule has 6 rings (SSSR count). The summed E-state index contributed by atoms with van der Waals surface area (Å²) in [5, 5.41) is 1.03. The molecule has 1 unspecified atom stereocenters. The van der Waals surface area contributed by atoms with Gasteiger partial charge in [0, 0.05) is 11.3 Å². The molecule has 200 valence electrons. The molecule has 0 spiro atoms. The van der Waals surface area contributed by atoms with Gasteiger partial charge in [-0.25, -0.2) is 15.7 Å². The molecule has 5 heteroatoms. The summed E-state index contributed by atoms with van der Waals surface area (Å²) in [6.07, 6.45) is 0. The Balaban J connectivity index is 0.00000323. The maximum absolute atomic E-state index is 17.9. The summed E-state index contributed by atoms with van der Waals surface area (Å²) >= 11 is 1.61. The zero-order valence-electron chi connectivity index (χ0n) is 22.4. The molecule has 0 aliphatic heterocycles. The molecule has 0 radical (unpaired) electrons. The van der Waals surface area contributed by atoms with E-state index in [9.17, 15) is 0 Å². The summed E-state index contributed by atoms with van der Waals surface area (Å²) in [7, 11) is 0. The molecule has 0 saturated carbocycles. The van der Waals surface area contributed by atoms with Crippen LogP contribution in [0.2, 0.25) is 0 Å². The average molecular weight is 722 g/mol. The van der Waals surface area contributed by atoms with Gasteiger partial charge < -0.3 is 0 Å². The summed E-state index contributed by atoms with van der Waals surface area (Å²) in [5.74, 6) is 0. The maximum atomic E-state index is 17.9. The van der Waals surface area contributed by atoms with Crippen LogP contribution in [-0.4, -0.2) is 9.97 Å². The fourth-order valence-electron chi connectivity index (χ4n) is 4.74. The molecular formula is C35H27FN2PtS. The molecule has 0 aliphatic rings. The molecule has 3 aromatic carbocycles. The van der Waals surface area contributed by atoms with Gasteiger partial charge in [0.2, 0.25) is 5.67 Å². The molecule has 40 heavy (non-hydrogen) atoms. The van der Waals surface area contributed by atoms with E-state index in [1.54, 1.807) is 23.5 Å². The van der Waals surface area contributed by atoms with E-state index in [-0.39, 0.29) is 37.9 Å². The molecule has 0 fully saturated rings. The number of thiophene rings is 1. The van der Waals surface area contributed by atoms with Gasteiger partial charge in [-0.05, 0) is 38.4 Å². The van der Waals surface area contributed by atoms with Crippen LogP contribution in [0.5, 0.6) is 0 Å². The second-order valence-corrected chi connectivity index (χ2v) is 11.7. The molecule has 0 amide bonds. The minimum absolute atomic E-state index is 0. The monoisotopic (exact) mass is 721 g/mol. The minimum Gasteiger partial charge on any atom is -0.297 e. The summed E-state index contributed by atoms with van der Waals surface area (Å²) in [5.41, 5.74) is 2.23. The van der Waals surface area contributed by atoms with Crippen LogP contribution in [0.15, 0.2) is 109 Å². The predicted molar refractivity (Wildman–Crippen MR) is 159 cm³/mol. The van der Waals surface area contributed by atoms with Gasteiger partial charge in [0.1, 0.15) is 0 Å². The van der Waals surface area contributed by atoms with E-state index in [0.717, 1.165) is 26.1 Å². The van der Waals surface area contributed by atoms with Gasteiger partial charge in [-0.1, -0.05) is 81.4 Å². The van der Waals surface area contributed by atoms with Crippen LogP contribution in [0.4, 0.5) is 4.39 Å². The van der Waals surface area contributed by atoms with Gasteiger partial charge in [0.15, 0.2) is 0 Å². The van der Waals surface area contributed by atoms with Crippen LogP contribution in [-0.2, 0) is 32.1 Å². The van der Waals surface area contributed by atoms with Gasteiger partial charge in [0.25, 0.3) is 0 Å². The van der Waals surface area contributed by atoms with Crippen LogP contribution in [0, 0.1) is 12.1 Å². The molecule has 0 bridgehead atoms.